The zero-order valence-corrected chi connectivity index (χ0v) is 12.3. The first-order valence-corrected chi connectivity index (χ1v) is 7.28. The highest BCUT2D eigenvalue weighted by Crippen LogP contribution is 2.10. The Morgan fingerprint density at radius 3 is 2.47 bits per heavy atom. The summed E-state index contributed by atoms with van der Waals surface area (Å²) in [6.07, 6.45) is 5.61. The molecule has 2 aromatic rings. The molecule has 0 unspecified atom stereocenters. The van der Waals surface area contributed by atoms with Gasteiger partial charge >= 0.3 is 5.69 Å². The van der Waals surface area contributed by atoms with Crippen molar-refractivity contribution in [3.8, 4) is 0 Å². The third kappa shape index (κ3) is 2.63. The number of rotatable bonds is 6. The first-order valence-electron chi connectivity index (χ1n) is 6.87. The smallest absolute Gasteiger partial charge is 0.330 e. The minimum atomic E-state index is -0.0356. The van der Waals surface area contributed by atoms with Crippen molar-refractivity contribution in [2.24, 2.45) is 0 Å². The molecule has 0 fully saturated rings. The van der Waals surface area contributed by atoms with Crippen LogP contribution in [0.2, 0.25) is 0 Å². The van der Waals surface area contributed by atoms with Gasteiger partial charge in [0.05, 0.1) is 6.33 Å². The van der Waals surface area contributed by atoms with E-state index in [1.807, 2.05) is 0 Å². The number of nitrogens with one attached hydrogen (secondary N) is 1. The maximum absolute atomic E-state index is 12.5. The Morgan fingerprint density at radius 1 is 1.21 bits per heavy atom. The molecule has 0 amide bonds. The molecule has 0 radical (unpaired) electrons. The highest BCUT2D eigenvalue weighted by molar-refractivity contribution is 7.71. The van der Waals surface area contributed by atoms with Gasteiger partial charge in [0.25, 0.3) is 0 Å². The quantitative estimate of drug-likeness (QED) is 0.828. The van der Waals surface area contributed by atoms with Gasteiger partial charge in [-0.05, 0) is 12.8 Å². The number of fused-ring (bicyclic) bond motifs is 1. The van der Waals surface area contributed by atoms with Gasteiger partial charge in [-0.2, -0.15) is 0 Å². The van der Waals surface area contributed by atoms with Gasteiger partial charge in [-0.3, -0.25) is 9.13 Å². The molecule has 0 atom stereocenters. The molecule has 0 bridgehead atoms. The minimum absolute atomic E-state index is 0.0356. The maximum Gasteiger partial charge on any atom is 0.330 e. The molecule has 5 nitrogen and oxygen atoms in total. The molecule has 0 saturated heterocycles. The molecule has 0 aliphatic carbocycles. The third-order valence-electron chi connectivity index (χ3n) is 3.27. The molecule has 19 heavy (non-hydrogen) atoms. The fourth-order valence-corrected chi connectivity index (χ4v) is 2.46. The molecular formula is C13H20N4OS. The minimum Gasteiger partial charge on any atom is -0.341 e. The SMILES string of the molecule is CCCCn1c(=S)c2[nH]cnc2n(CCCC)c1=O. The second-order valence-electron chi connectivity index (χ2n) is 4.70. The highest BCUT2D eigenvalue weighted by atomic mass is 32.1. The summed E-state index contributed by atoms with van der Waals surface area (Å²) in [5, 5.41) is 0. The van der Waals surface area contributed by atoms with Gasteiger partial charge < -0.3 is 4.98 Å². The standard InChI is InChI=1S/C13H20N4OS/c1-3-5-7-16-11-10(14-9-15-11)12(19)17(13(16)18)8-6-4-2/h9H,3-8H2,1-2H3,(H,14,15). The van der Waals surface area contributed by atoms with Crippen LogP contribution in [0.5, 0.6) is 0 Å². The van der Waals surface area contributed by atoms with Crippen LogP contribution in [0.4, 0.5) is 0 Å². The Bertz CT molecular complexity index is 667. The maximum atomic E-state index is 12.5. The van der Waals surface area contributed by atoms with E-state index >= 15 is 0 Å². The first-order chi connectivity index (χ1) is 9.20. The van der Waals surface area contributed by atoms with Crippen LogP contribution in [-0.2, 0) is 13.1 Å². The van der Waals surface area contributed by atoms with Crippen LogP contribution < -0.4 is 5.69 Å². The van der Waals surface area contributed by atoms with E-state index in [1.54, 1.807) is 15.5 Å². The average molecular weight is 280 g/mol. The van der Waals surface area contributed by atoms with Gasteiger partial charge in [-0.15, -0.1) is 0 Å². The van der Waals surface area contributed by atoms with Crippen LogP contribution in [0.1, 0.15) is 39.5 Å². The van der Waals surface area contributed by atoms with E-state index in [0.717, 1.165) is 31.2 Å². The van der Waals surface area contributed by atoms with Crippen LogP contribution in [0.15, 0.2) is 11.1 Å². The molecule has 1 N–H and O–H groups in total. The van der Waals surface area contributed by atoms with Crippen LogP contribution in [-0.4, -0.2) is 19.1 Å². The normalized spacial score (nSPS) is 11.3. The zero-order chi connectivity index (χ0) is 13.8. The summed E-state index contributed by atoms with van der Waals surface area (Å²) in [4.78, 5) is 19.8. The van der Waals surface area contributed by atoms with Crippen molar-refractivity contribution in [2.45, 2.75) is 52.6 Å². The molecule has 6 heteroatoms. The number of imidazole rings is 1. The van der Waals surface area contributed by atoms with E-state index in [4.69, 9.17) is 12.2 Å². The summed E-state index contributed by atoms with van der Waals surface area (Å²) in [7, 11) is 0. The molecule has 2 rings (SSSR count). The summed E-state index contributed by atoms with van der Waals surface area (Å²) in [5.41, 5.74) is 1.43. The summed E-state index contributed by atoms with van der Waals surface area (Å²) in [6.45, 7) is 5.58. The van der Waals surface area contributed by atoms with Crippen LogP contribution >= 0.6 is 12.2 Å². The van der Waals surface area contributed by atoms with Gasteiger partial charge in [0.1, 0.15) is 10.2 Å². The van der Waals surface area contributed by atoms with Crippen LogP contribution in [0.25, 0.3) is 11.2 Å². The largest absolute Gasteiger partial charge is 0.341 e. The number of aryl methyl sites for hydroxylation is 1. The highest BCUT2D eigenvalue weighted by Gasteiger charge is 2.12. The Morgan fingerprint density at radius 2 is 1.84 bits per heavy atom. The molecule has 104 valence electrons. The summed E-state index contributed by atoms with van der Waals surface area (Å²) >= 11 is 5.40. The van der Waals surface area contributed by atoms with E-state index in [-0.39, 0.29) is 5.69 Å². The summed E-state index contributed by atoms with van der Waals surface area (Å²) < 4.78 is 3.99. The fourth-order valence-electron chi connectivity index (χ4n) is 2.14. The number of aromatic amines is 1. The average Bonchev–Trinajstić information content (AvgIpc) is 2.88. The van der Waals surface area contributed by atoms with Crippen molar-refractivity contribution in [3.63, 3.8) is 0 Å². The topological polar surface area (TPSA) is 55.6 Å². The van der Waals surface area contributed by atoms with E-state index in [1.165, 1.54) is 0 Å². The van der Waals surface area contributed by atoms with Crippen molar-refractivity contribution in [1.29, 1.82) is 0 Å². The second kappa shape index (κ2) is 6.14. The van der Waals surface area contributed by atoms with Gasteiger partial charge in [0.15, 0.2) is 5.65 Å². The van der Waals surface area contributed by atoms with Gasteiger partial charge in [0, 0.05) is 13.1 Å². The molecule has 2 aromatic heterocycles. The number of nitrogens with zero attached hydrogens (tertiary/aromatic N) is 3. The Kier molecular flexibility index (Phi) is 4.52. The molecule has 0 saturated carbocycles. The number of H-pyrrole nitrogens is 1. The number of aromatic nitrogens is 4. The van der Waals surface area contributed by atoms with E-state index < -0.39 is 0 Å². The Hall–Kier alpha value is -1.43. The third-order valence-corrected chi connectivity index (χ3v) is 3.69. The number of hydrogen-bond donors (Lipinski definition) is 1. The molecular weight excluding hydrogens is 260 g/mol. The molecule has 0 aromatic carbocycles. The Labute approximate surface area is 117 Å². The fraction of sp³-hybridized carbons (Fsp3) is 0.615. The lowest BCUT2D eigenvalue weighted by atomic mass is 10.3. The number of unbranched alkanes of at least 4 members (excludes halogenated alkanes) is 2. The van der Waals surface area contributed by atoms with Crippen molar-refractivity contribution < 1.29 is 0 Å². The number of hydrogen-bond acceptors (Lipinski definition) is 3. The Balaban J connectivity index is 2.61. The van der Waals surface area contributed by atoms with E-state index in [0.29, 0.717) is 23.4 Å². The van der Waals surface area contributed by atoms with Crippen molar-refractivity contribution in [1.82, 2.24) is 19.1 Å². The van der Waals surface area contributed by atoms with Gasteiger partial charge in [-0.25, -0.2) is 9.78 Å². The van der Waals surface area contributed by atoms with Crippen molar-refractivity contribution >= 4 is 23.4 Å². The van der Waals surface area contributed by atoms with Crippen LogP contribution in [0, 0.1) is 4.64 Å². The predicted octanol–water partition coefficient (Wildman–Crippen LogP) is 2.86. The van der Waals surface area contributed by atoms with Crippen molar-refractivity contribution in [3.05, 3.63) is 21.5 Å². The lowest BCUT2D eigenvalue weighted by Crippen LogP contribution is -2.32. The monoisotopic (exact) mass is 280 g/mol. The van der Waals surface area contributed by atoms with E-state index in [9.17, 15) is 4.79 Å². The van der Waals surface area contributed by atoms with Crippen LogP contribution in [0.3, 0.4) is 0 Å². The zero-order valence-electron chi connectivity index (χ0n) is 11.5. The van der Waals surface area contributed by atoms with Crippen molar-refractivity contribution in [2.75, 3.05) is 0 Å². The molecule has 0 spiro atoms. The van der Waals surface area contributed by atoms with Gasteiger partial charge in [0.2, 0.25) is 0 Å². The first kappa shape index (κ1) is 14.0. The summed E-state index contributed by atoms with van der Waals surface area (Å²) in [5.74, 6) is 0. The second-order valence-corrected chi connectivity index (χ2v) is 5.09. The van der Waals surface area contributed by atoms with E-state index in [2.05, 4.69) is 23.8 Å². The molecule has 0 aliphatic rings. The predicted molar refractivity (Wildman–Crippen MR) is 79.0 cm³/mol. The van der Waals surface area contributed by atoms with Gasteiger partial charge in [-0.1, -0.05) is 38.9 Å². The molecule has 2 heterocycles. The molecule has 0 aliphatic heterocycles. The lowest BCUT2D eigenvalue weighted by molar-refractivity contribution is 0.536. The lowest BCUT2D eigenvalue weighted by Gasteiger charge is -2.11. The summed E-state index contributed by atoms with van der Waals surface area (Å²) in [6, 6.07) is 0.